The fourth-order valence-corrected chi connectivity index (χ4v) is 4.58. The Kier molecular flexibility index (Phi) is 5.38. The third-order valence-electron chi connectivity index (χ3n) is 3.97. The molecule has 0 aliphatic heterocycles. The van der Waals surface area contributed by atoms with Crippen molar-refractivity contribution in [3.05, 3.63) is 34.9 Å². The molecule has 0 aliphatic carbocycles. The number of aromatic carboxylic acids is 1. The molecule has 3 heteroatoms. The molecule has 19 heavy (non-hydrogen) atoms. The molecule has 0 atom stereocenters. The van der Waals surface area contributed by atoms with Crippen LogP contribution < -0.4 is 0 Å². The van der Waals surface area contributed by atoms with Crippen LogP contribution in [0.4, 0.5) is 0 Å². The second-order valence-corrected chi connectivity index (χ2v) is 9.86. The van der Waals surface area contributed by atoms with E-state index in [0.29, 0.717) is 5.56 Å². The summed E-state index contributed by atoms with van der Waals surface area (Å²) >= 11 is 0. The second-order valence-electron chi connectivity index (χ2n) is 4.93. The van der Waals surface area contributed by atoms with E-state index in [-0.39, 0.29) is 0 Å². The summed E-state index contributed by atoms with van der Waals surface area (Å²) in [4.78, 5) is 10.9. The van der Waals surface area contributed by atoms with Gasteiger partial charge in [0.25, 0.3) is 0 Å². The van der Waals surface area contributed by atoms with E-state index >= 15 is 0 Å². The monoisotopic (exact) mass is 274 g/mol. The molecule has 102 valence electrons. The number of rotatable bonds is 4. The average molecular weight is 274 g/mol. The van der Waals surface area contributed by atoms with Crippen molar-refractivity contribution in [2.24, 2.45) is 0 Å². The fourth-order valence-electron chi connectivity index (χ4n) is 2.15. The molecule has 1 aromatic rings. The first-order chi connectivity index (χ1) is 8.98. The minimum Gasteiger partial charge on any atom is -0.478 e. The molecule has 0 amide bonds. The number of hydrogen-bond acceptors (Lipinski definition) is 1. The van der Waals surface area contributed by atoms with Crippen LogP contribution in [0, 0.1) is 18.4 Å². The van der Waals surface area contributed by atoms with Crippen LogP contribution in [0.2, 0.25) is 18.1 Å². The first kappa shape index (κ1) is 15.5. The SMILES string of the molecule is CC[Si](C#Cc1ccc(C(=O)O)cc1C)(CC)CC. The lowest BCUT2D eigenvalue weighted by Gasteiger charge is -2.20. The number of carbonyl (C=O) groups is 1. The quantitative estimate of drug-likeness (QED) is 0.663. The molecule has 1 N–H and O–H groups in total. The van der Waals surface area contributed by atoms with Crippen molar-refractivity contribution in [3.63, 3.8) is 0 Å². The van der Waals surface area contributed by atoms with Crippen LogP contribution in [0.25, 0.3) is 0 Å². The van der Waals surface area contributed by atoms with Gasteiger partial charge in [-0.25, -0.2) is 4.79 Å². The van der Waals surface area contributed by atoms with Gasteiger partial charge in [-0.15, -0.1) is 5.54 Å². The molecule has 0 unspecified atom stereocenters. The van der Waals surface area contributed by atoms with Crippen LogP contribution in [0.15, 0.2) is 18.2 Å². The Morgan fingerprint density at radius 2 is 1.79 bits per heavy atom. The van der Waals surface area contributed by atoms with E-state index < -0.39 is 14.0 Å². The van der Waals surface area contributed by atoms with Gasteiger partial charge < -0.3 is 5.11 Å². The number of aryl methyl sites for hydroxylation is 1. The van der Waals surface area contributed by atoms with E-state index in [1.807, 2.05) is 13.0 Å². The van der Waals surface area contributed by atoms with Crippen molar-refractivity contribution in [2.75, 3.05) is 0 Å². The Balaban J connectivity index is 3.10. The average Bonchev–Trinajstić information content (AvgIpc) is 2.42. The fraction of sp³-hybridized carbons (Fsp3) is 0.438. The summed E-state index contributed by atoms with van der Waals surface area (Å²) in [5.74, 6) is 2.40. The van der Waals surface area contributed by atoms with Crippen molar-refractivity contribution in [1.29, 1.82) is 0 Å². The van der Waals surface area contributed by atoms with Crippen LogP contribution in [-0.4, -0.2) is 19.1 Å². The summed E-state index contributed by atoms with van der Waals surface area (Å²) in [6.45, 7) is 8.61. The Morgan fingerprint density at radius 3 is 2.21 bits per heavy atom. The molecule has 0 aliphatic rings. The topological polar surface area (TPSA) is 37.3 Å². The largest absolute Gasteiger partial charge is 0.478 e. The molecule has 1 aromatic carbocycles. The van der Waals surface area contributed by atoms with Crippen molar-refractivity contribution < 1.29 is 9.90 Å². The van der Waals surface area contributed by atoms with Crippen molar-refractivity contribution in [2.45, 2.75) is 45.8 Å². The van der Waals surface area contributed by atoms with E-state index in [1.165, 1.54) is 18.1 Å². The maximum Gasteiger partial charge on any atom is 0.335 e. The highest BCUT2D eigenvalue weighted by Gasteiger charge is 2.24. The van der Waals surface area contributed by atoms with E-state index in [0.717, 1.165) is 11.1 Å². The van der Waals surface area contributed by atoms with Crippen LogP contribution in [0.3, 0.4) is 0 Å². The molecule has 0 bridgehead atoms. The molecule has 0 aromatic heterocycles. The Hall–Kier alpha value is -1.53. The molecule has 0 saturated heterocycles. The minimum absolute atomic E-state index is 0.327. The number of carboxylic acid groups (broad SMARTS) is 1. The van der Waals surface area contributed by atoms with Crippen molar-refractivity contribution in [3.8, 4) is 11.5 Å². The van der Waals surface area contributed by atoms with Gasteiger partial charge in [0.2, 0.25) is 0 Å². The Morgan fingerprint density at radius 1 is 1.21 bits per heavy atom. The second kappa shape index (κ2) is 6.58. The summed E-state index contributed by atoms with van der Waals surface area (Å²) < 4.78 is 0. The third-order valence-corrected chi connectivity index (χ3v) is 8.68. The summed E-state index contributed by atoms with van der Waals surface area (Å²) in [5, 5.41) is 8.94. The zero-order chi connectivity index (χ0) is 14.5. The van der Waals surface area contributed by atoms with Crippen LogP contribution in [0.1, 0.15) is 42.3 Å². The van der Waals surface area contributed by atoms with Gasteiger partial charge in [0.1, 0.15) is 8.07 Å². The smallest absolute Gasteiger partial charge is 0.335 e. The predicted octanol–water partition coefficient (Wildman–Crippen LogP) is 4.09. The number of hydrogen-bond donors (Lipinski definition) is 1. The lowest BCUT2D eigenvalue weighted by molar-refractivity contribution is 0.0697. The Bertz CT molecular complexity index is 511. The van der Waals surface area contributed by atoms with E-state index in [1.54, 1.807) is 12.1 Å². The van der Waals surface area contributed by atoms with Crippen LogP contribution in [-0.2, 0) is 0 Å². The first-order valence-corrected chi connectivity index (χ1v) is 9.47. The van der Waals surface area contributed by atoms with Gasteiger partial charge in [-0.1, -0.05) is 26.7 Å². The summed E-state index contributed by atoms with van der Waals surface area (Å²) in [5.41, 5.74) is 5.76. The normalized spacial score (nSPS) is 10.7. The summed E-state index contributed by atoms with van der Waals surface area (Å²) in [6.07, 6.45) is 0. The summed E-state index contributed by atoms with van der Waals surface area (Å²) in [7, 11) is -1.44. The molecule has 1 rings (SSSR count). The number of benzene rings is 1. The lowest BCUT2D eigenvalue weighted by Crippen LogP contribution is -2.29. The molecule has 0 radical (unpaired) electrons. The molecular formula is C16H22O2Si. The summed E-state index contributed by atoms with van der Waals surface area (Å²) in [6, 6.07) is 8.69. The molecule has 0 saturated carbocycles. The van der Waals surface area contributed by atoms with E-state index in [9.17, 15) is 4.79 Å². The van der Waals surface area contributed by atoms with Gasteiger partial charge in [0.05, 0.1) is 5.56 Å². The molecule has 0 fully saturated rings. The van der Waals surface area contributed by atoms with Gasteiger partial charge >= 0.3 is 5.97 Å². The molecular weight excluding hydrogens is 252 g/mol. The molecule has 0 spiro atoms. The standard InChI is InChI=1S/C16H22O2Si/c1-5-19(6-2,7-3)11-10-14-8-9-15(16(17)18)12-13(14)4/h8-9,12H,5-7H2,1-4H3,(H,17,18). The zero-order valence-electron chi connectivity index (χ0n) is 12.2. The maximum absolute atomic E-state index is 10.9. The van der Waals surface area contributed by atoms with E-state index in [4.69, 9.17) is 5.11 Å². The van der Waals surface area contributed by atoms with Gasteiger partial charge in [0.15, 0.2) is 0 Å². The van der Waals surface area contributed by atoms with Gasteiger partial charge in [-0.05, 0) is 48.8 Å². The van der Waals surface area contributed by atoms with E-state index in [2.05, 4.69) is 32.2 Å². The highest BCUT2D eigenvalue weighted by atomic mass is 28.3. The minimum atomic E-state index is -1.44. The highest BCUT2D eigenvalue weighted by molar-refractivity contribution is 6.87. The van der Waals surface area contributed by atoms with Crippen molar-refractivity contribution >= 4 is 14.0 Å². The highest BCUT2D eigenvalue weighted by Crippen LogP contribution is 2.19. The number of carboxylic acids is 1. The van der Waals surface area contributed by atoms with Crippen LogP contribution >= 0.6 is 0 Å². The van der Waals surface area contributed by atoms with Gasteiger partial charge in [-0.2, -0.15) is 0 Å². The lowest BCUT2D eigenvalue weighted by atomic mass is 10.1. The van der Waals surface area contributed by atoms with Crippen molar-refractivity contribution in [1.82, 2.24) is 0 Å². The zero-order valence-corrected chi connectivity index (χ0v) is 13.2. The molecule has 0 heterocycles. The first-order valence-electron chi connectivity index (χ1n) is 6.85. The van der Waals surface area contributed by atoms with Crippen LogP contribution in [0.5, 0.6) is 0 Å². The molecule has 2 nitrogen and oxygen atoms in total. The Labute approximate surface area is 116 Å². The van der Waals surface area contributed by atoms with Gasteiger partial charge in [0, 0.05) is 5.56 Å². The third kappa shape index (κ3) is 3.71. The predicted molar refractivity (Wildman–Crippen MR) is 82.2 cm³/mol. The maximum atomic E-state index is 10.9. The van der Waals surface area contributed by atoms with Gasteiger partial charge in [-0.3, -0.25) is 0 Å².